The number of thiophene rings is 1. The third-order valence-corrected chi connectivity index (χ3v) is 4.78. The minimum Gasteiger partial charge on any atom is -0.355 e. The summed E-state index contributed by atoms with van der Waals surface area (Å²) in [5.74, 6) is 0.267. The normalized spacial score (nSPS) is 10.7. The maximum absolute atomic E-state index is 13.1. The quantitative estimate of drug-likeness (QED) is 0.500. The second kappa shape index (κ2) is 7.51. The summed E-state index contributed by atoms with van der Waals surface area (Å²) in [7, 11) is 0. The van der Waals surface area contributed by atoms with Gasteiger partial charge in [-0.15, -0.1) is 11.3 Å². The second-order valence-electron chi connectivity index (χ2n) is 5.74. The number of aromatic nitrogens is 2. The van der Waals surface area contributed by atoms with E-state index in [-0.39, 0.29) is 17.4 Å². The average molecular weight is 379 g/mol. The number of anilines is 1. The average Bonchev–Trinajstić information content (AvgIpc) is 3.39. The highest BCUT2D eigenvalue weighted by molar-refractivity contribution is 7.09. The van der Waals surface area contributed by atoms with Crippen LogP contribution in [0.2, 0.25) is 0 Å². The van der Waals surface area contributed by atoms with Gasteiger partial charge in [-0.25, -0.2) is 9.37 Å². The highest BCUT2D eigenvalue weighted by Crippen LogP contribution is 2.24. The van der Waals surface area contributed by atoms with Gasteiger partial charge in [-0.3, -0.25) is 9.69 Å². The van der Waals surface area contributed by atoms with Gasteiger partial charge in [-0.05, 0) is 47.8 Å². The minimum atomic E-state index is -0.341. The number of pyridine rings is 1. The Balaban J connectivity index is 1.64. The van der Waals surface area contributed by atoms with Gasteiger partial charge >= 0.3 is 0 Å². The summed E-state index contributed by atoms with van der Waals surface area (Å²) >= 11 is 1.56. The van der Waals surface area contributed by atoms with Crippen LogP contribution >= 0.6 is 11.3 Å². The van der Waals surface area contributed by atoms with Gasteiger partial charge in [0.2, 0.25) is 0 Å². The van der Waals surface area contributed by atoms with Crippen LogP contribution in [0.1, 0.15) is 15.4 Å². The van der Waals surface area contributed by atoms with Crippen LogP contribution in [-0.2, 0) is 6.54 Å². The molecular formula is C20H14FN3O2S. The van der Waals surface area contributed by atoms with Crippen molar-refractivity contribution in [2.24, 2.45) is 0 Å². The van der Waals surface area contributed by atoms with E-state index in [2.05, 4.69) is 10.1 Å². The van der Waals surface area contributed by atoms with Crippen molar-refractivity contribution in [3.05, 3.63) is 88.6 Å². The van der Waals surface area contributed by atoms with E-state index in [1.54, 1.807) is 52.8 Å². The molecule has 0 atom stereocenters. The number of carbonyl (C=O) groups excluding carboxylic acids is 1. The Morgan fingerprint density at radius 2 is 1.96 bits per heavy atom. The molecule has 0 aliphatic rings. The molecule has 0 bridgehead atoms. The number of carbonyl (C=O) groups is 1. The minimum absolute atomic E-state index is 0.163. The summed E-state index contributed by atoms with van der Waals surface area (Å²) in [4.78, 5) is 19.9. The van der Waals surface area contributed by atoms with Gasteiger partial charge in [0.15, 0.2) is 11.5 Å². The molecule has 0 radical (unpaired) electrons. The van der Waals surface area contributed by atoms with Crippen LogP contribution in [0.3, 0.4) is 0 Å². The van der Waals surface area contributed by atoms with Crippen molar-refractivity contribution < 1.29 is 13.7 Å². The Labute approximate surface area is 158 Å². The van der Waals surface area contributed by atoms with Crippen molar-refractivity contribution in [1.29, 1.82) is 0 Å². The molecule has 0 spiro atoms. The van der Waals surface area contributed by atoms with Gasteiger partial charge in [0.25, 0.3) is 5.91 Å². The molecule has 1 amide bonds. The molecule has 4 rings (SSSR count). The molecule has 3 heterocycles. The monoisotopic (exact) mass is 379 g/mol. The Bertz CT molecular complexity index is 1030. The third-order valence-electron chi connectivity index (χ3n) is 3.92. The first-order valence-corrected chi connectivity index (χ1v) is 9.06. The van der Waals surface area contributed by atoms with Crippen LogP contribution in [0.5, 0.6) is 0 Å². The van der Waals surface area contributed by atoms with Crippen molar-refractivity contribution in [3.63, 3.8) is 0 Å². The molecule has 134 valence electrons. The predicted molar refractivity (Wildman–Crippen MR) is 101 cm³/mol. The van der Waals surface area contributed by atoms with Crippen LogP contribution in [0.25, 0.3) is 11.3 Å². The summed E-state index contributed by atoms with van der Waals surface area (Å²) in [5, 5.41) is 5.86. The first kappa shape index (κ1) is 17.1. The van der Waals surface area contributed by atoms with E-state index in [1.807, 2.05) is 23.6 Å². The molecule has 0 unspecified atom stereocenters. The van der Waals surface area contributed by atoms with Crippen molar-refractivity contribution in [1.82, 2.24) is 10.1 Å². The summed E-state index contributed by atoms with van der Waals surface area (Å²) in [6.07, 6.45) is 1.64. The molecule has 0 aliphatic heterocycles. The zero-order valence-electron chi connectivity index (χ0n) is 14.1. The fourth-order valence-electron chi connectivity index (χ4n) is 2.59. The summed E-state index contributed by atoms with van der Waals surface area (Å²) in [6, 6.07) is 16.6. The SMILES string of the molecule is O=C(c1cc(-c2ccc(F)cc2)on1)N(Cc1cccs1)c1ccccn1. The topological polar surface area (TPSA) is 59.2 Å². The molecular weight excluding hydrogens is 365 g/mol. The lowest BCUT2D eigenvalue weighted by atomic mass is 10.1. The summed E-state index contributed by atoms with van der Waals surface area (Å²) in [6.45, 7) is 0.381. The zero-order valence-corrected chi connectivity index (χ0v) is 14.9. The molecule has 3 aromatic heterocycles. The molecule has 4 aromatic rings. The number of benzene rings is 1. The molecule has 0 saturated carbocycles. The lowest BCUT2D eigenvalue weighted by molar-refractivity contribution is 0.0976. The standard InChI is InChI=1S/C20H14FN3O2S/c21-15-8-6-14(7-9-15)18-12-17(23-26-18)20(25)24(13-16-4-3-11-27-16)19-5-1-2-10-22-19/h1-12H,13H2. The zero-order chi connectivity index (χ0) is 18.6. The van der Waals surface area contributed by atoms with Gasteiger partial charge < -0.3 is 4.52 Å². The maximum atomic E-state index is 13.1. The lowest BCUT2D eigenvalue weighted by Gasteiger charge is -2.19. The Hall–Kier alpha value is -3.32. The van der Waals surface area contributed by atoms with Crippen LogP contribution in [-0.4, -0.2) is 16.0 Å². The van der Waals surface area contributed by atoms with Gasteiger partial charge in [0.1, 0.15) is 11.6 Å². The highest BCUT2D eigenvalue weighted by atomic mass is 32.1. The molecule has 7 heteroatoms. The van der Waals surface area contributed by atoms with Crippen LogP contribution in [0.15, 0.2) is 76.8 Å². The number of rotatable bonds is 5. The summed E-state index contributed by atoms with van der Waals surface area (Å²) < 4.78 is 18.4. The first-order valence-electron chi connectivity index (χ1n) is 8.18. The molecule has 0 saturated heterocycles. The van der Waals surface area contributed by atoms with Crippen LogP contribution < -0.4 is 4.90 Å². The number of nitrogens with zero attached hydrogens (tertiary/aromatic N) is 3. The van der Waals surface area contributed by atoms with Crippen molar-refractivity contribution in [2.75, 3.05) is 4.90 Å². The molecule has 27 heavy (non-hydrogen) atoms. The smallest absolute Gasteiger partial charge is 0.281 e. The van der Waals surface area contributed by atoms with Gasteiger partial charge in [0.05, 0.1) is 6.54 Å². The summed E-state index contributed by atoms with van der Waals surface area (Å²) in [5.41, 5.74) is 0.808. The van der Waals surface area contributed by atoms with E-state index in [9.17, 15) is 9.18 Å². The number of hydrogen-bond acceptors (Lipinski definition) is 5. The molecule has 5 nitrogen and oxygen atoms in total. The van der Waals surface area contributed by atoms with Crippen LogP contribution in [0, 0.1) is 5.82 Å². The van der Waals surface area contributed by atoms with Crippen molar-refractivity contribution in [3.8, 4) is 11.3 Å². The fraction of sp³-hybridized carbons (Fsp3) is 0.0500. The molecule has 0 aliphatic carbocycles. The van der Waals surface area contributed by atoms with E-state index >= 15 is 0 Å². The number of hydrogen-bond donors (Lipinski definition) is 0. The molecule has 1 aromatic carbocycles. The van der Waals surface area contributed by atoms with E-state index in [0.29, 0.717) is 23.7 Å². The maximum Gasteiger partial charge on any atom is 0.281 e. The van der Waals surface area contributed by atoms with Gasteiger partial charge in [-0.1, -0.05) is 17.3 Å². The first-order chi connectivity index (χ1) is 13.2. The van der Waals surface area contributed by atoms with E-state index in [4.69, 9.17) is 4.52 Å². The van der Waals surface area contributed by atoms with Crippen LogP contribution in [0.4, 0.5) is 10.2 Å². The second-order valence-corrected chi connectivity index (χ2v) is 6.77. The number of amides is 1. The largest absolute Gasteiger partial charge is 0.355 e. The third kappa shape index (κ3) is 3.78. The van der Waals surface area contributed by atoms with E-state index < -0.39 is 0 Å². The van der Waals surface area contributed by atoms with E-state index in [0.717, 1.165) is 4.88 Å². The highest BCUT2D eigenvalue weighted by Gasteiger charge is 2.23. The molecule has 0 N–H and O–H groups in total. The van der Waals surface area contributed by atoms with E-state index in [1.165, 1.54) is 12.1 Å². The molecule has 0 fully saturated rings. The van der Waals surface area contributed by atoms with Gasteiger partial charge in [0, 0.05) is 22.7 Å². The lowest BCUT2D eigenvalue weighted by Crippen LogP contribution is -2.31. The fourth-order valence-corrected chi connectivity index (χ4v) is 3.29. The van der Waals surface area contributed by atoms with Crippen molar-refractivity contribution in [2.45, 2.75) is 6.54 Å². The Kier molecular flexibility index (Phi) is 4.76. The number of halogens is 1. The van der Waals surface area contributed by atoms with Crippen molar-refractivity contribution >= 4 is 23.1 Å². The predicted octanol–water partition coefficient (Wildman–Crippen LogP) is 4.78. The Morgan fingerprint density at radius 1 is 1.11 bits per heavy atom. The van der Waals surface area contributed by atoms with Gasteiger partial charge in [-0.2, -0.15) is 0 Å². The Morgan fingerprint density at radius 3 is 2.67 bits per heavy atom.